The van der Waals surface area contributed by atoms with Crippen LogP contribution in [0.1, 0.15) is 27.0 Å². The molecule has 1 heterocycles. The van der Waals surface area contributed by atoms with Crippen LogP contribution in [0.4, 0.5) is 11.4 Å². The van der Waals surface area contributed by atoms with E-state index in [4.69, 9.17) is 11.6 Å². The molecular weight excluding hydrogens is 346 g/mol. The monoisotopic (exact) mass is 365 g/mol. The predicted molar refractivity (Wildman–Crippen MR) is 106 cm³/mol. The molecule has 0 atom stereocenters. The molecular formula is C21H20ClN3O. The Balaban J connectivity index is 1.69. The van der Waals surface area contributed by atoms with E-state index in [0.29, 0.717) is 17.1 Å². The van der Waals surface area contributed by atoms with Gasteiger partial charge in [-0.05, 0) is 43.2 Å². The van der Waals surface area contributed by atoms with E-state index in [9.17, 15) is 4.79 Å². The Morgan fingerprint density at radius 2 is 1.81 bits per heavy atom. The number of anilines is 2. The van der Waals surface area contributed by atoms with E-state index in [0.717, 1.165) is 22.5 Å². The van der Waals surface area contributed by atoms with Crippen LogP contribution in [0.3, 0.4) is 0 Å². The van der Waals surface area contributed by atoms with Crippen molar-refractivity contribution in [3.05, 3.63) is 88.2 Å². The van der Waals surface area contributed by atoms with Crippen molar-refractivity contribution in [2.24, 2.45) is 0 Å². The van der Waals surface area contributed by atoms with Crippen LogP contribution in [0.25, 0.3) is 0 Å². The van der Waals surface area contributed by atoms with Gasteiger partial charge in [-0.3, -0.25) is 9.78 Å². The van der Waals surface area contributed by atoms with Crippen molar-refractivity contribution in [2.45, 2.75) is 20.4 Å². The molecule has 2 aromatic carbocycles. The second kappa shape index (κ2) is 8.02. The molecule has 132 valence electrons. The Labute approximate surface area is 158 Å². The fourth-order valence-electron chi connectivity index (χ4n) is 2.51. The molecule has 0 spiro atoms. The van der Waals surface area contributed by atoms with Crippen LogP contribution in [0.5, 0.6) is 0 Å². The van der Waals surface area contributed by atoms with E-state index in [1.807, 2.05) is 56.3 Å². The Kier molecular flexibility index (Phi) is 5.54. The summed E-state index contributed by atoms with van der Waals surface area (Å²) in [6.07, 6.45) is 3.23. The van der Waals surface area contributed by atoms with Crippen LogP contribution in [0.2, 0.25) is 5.02 Å². The highest BCUT2D eigenvalue weighted by Crippen LogP contribution is 2.24. The molecule has 0 aliphatic rings. The molecule has 0 saturated carbocycles. The number of nitrogens with zero attached hydrogens (tertiary/aromatic N) is 1. The Hall–Kier alpha value is -2.85. The molecule has 1 aromatic heterocycles. The number of nitrogens with one attached hydrogen (secondary N) is 2. The zero-order chi connectivity index (χ0) is 18.5. The van der Waals surface area contributed by atoms with E-state index < -0.39 is 0 Å². The summed E-state index contributed by atoms with van der Waals surface area (Å²) in [6, 6.07) is 15.5. The molecule has 0 unspecified atom stereocenters. The molecule has 0 radical (unpaired) electrons. The third-order valence-electron chi connectivity index (χ3n) is 4.05. The normalized spacial score (nSPS) is 10.4. The number of carbonyl (C=O) groups excluding carboxylic acids is 1. The van der Waals surface area contributed by atoms with Gasteiger partial charge >= 0.3 is 0 Å². The van der Waals surface area contributed by atoms with Crippen molar-refractivity contribution < 1.29 is 4.79 Å². The van der Waals surface area contributed by atoms with Crippen molar-refractivity contribution in [3.63, 3.8) is 0 Å². The summed E-state index contributed by atoms with van der Waals surface area (Å²) in [5, 5.41) is 6.83. The number of pyridine rings is 1. The highest BCUT2D eigenvalue weighted by Gasteiger charge is 2.08. The average molecular weight is 366 g/mol. The molecule has 4 nitrogen and oxygen atoms in total. The van der Waals surface area contributed by atoms with Crippen molar-refractivity contribution in [2.75, 3.05) is 5.32 Å². The minimum Gasteiger partial charge on any atom is -0.354 e. The third kappa shape index (κ3) is 4.61. The van der Waals surface area contributed by atoms with Crippen LogP contribution in [0.15, 0.2) is 60.9 Å². The summed E-state index contributed by atoms with van der Waals surface area (Å²) in [4.78, 5) is 16.6. The predicted octanol–water partition coefficient (Wildman–Crippen LogP) is 5.03. The molecule has 2 N–H and O–H groups in total. The van der Waals surface area contributed by atoms with Crippen LogP contribution >= 0.6 is 11.6 Å². The number of amides is 1. The molecule has 3 aromatic rings. The Morgan fingerprint density at radius 1 is 1.04 bits per heavy atom. The highest BCUT2D eigenvalue weighted by molar-refractivity contribution is 6.30. The standard InChI is InChI=1S/C21H20ClN3O/c1-14-3-6-16(7-4-14)11-24-21(26)17-9-19(13-23-12-17)25-20-10-18(22)8-5-15(20)2/h3-10,12-13,25H,11H2,1-2H3,(H,24,26). The first kappa shape index (κ1) is 18.0. The van der Waals surface area contributed by atoms with Gasteiger partial charge in [0.15, 0.2) is 0 Å². The van der Waals surface area contributed by atoms with Gasteiger partial charge in [-0.1, -0.05) is 47.5 Å². The maximum atomic E-state index is 12.4. The zero-order valence-corrected chi connectivity index (χ0v) is 15.5. The lowest BCUT2D eigenvalue weighted by Crippen LogP contribution is -2.23. The number of halogens is 1. The Bertz CT molecular complexity index is 923. The maximum absolute atomic E-state index is 12.4. The highest BCUT2D eigenvalue weighted by atomic mass is 35.5. The van der Waals surface area contributed by atoms with E-state index in [1.54, 1.807) is 18.5 Å². The fourth-order valence-corrected chi connectivity index (χ4v) is 2.68. The number of aryl methyl sites for hydroxylation is 2. The zero-order valence-electron chi connectivity index (χ0n) is 14.7. The molecule has 3 rings (SSSR count). The topological polar surface area (TPSA) is 54.0 Å². The van der Waals surface area contributed by atoms with E-state index in [1.165, 1.54) is 5.56 Å². The number of carbonyl (C=O) groups is 1. The lowest BCUT2D eigenvalue weighted by Gasteiger charge is -2.11. The average Bonchev–Trinajstić information content (AvgIpc) is 2.64. The lowest BCUT2D eigenvalue weighted by molar-refractivity contribution is 0.0950. The molecule has 5 heteroatoms. The Morgan fingerprint density at radius 3 is 2.58 bits per heavy atom. The van der Waals surface area contributed by atoms with Crippen LogP contribution in [-0.4, -0.2) is 10.9 Å². The molecule has 1 amide bonds. The number of hydrogen-bond donors (Lipinski definition) is 2. The fraction of sp³-hybridized carbons (Fsp3) is 0.143. The number of aromatic nitrogens is 1. The van der Waals surface area contributed by atoms with Gasteiger partial charge in [-0.2, -0.15) is 0 Å². The van der Waals surface area contributed by atoms with Crippen molar-refractivity contribution >= 4 is 28.9 Å². The molecule has 0 fully saturated rings. The molecule has 0 saturated heterocycles. The van der Waals surface area contributed by atoms with Gasteiger partial charge in [-0.25, -0.2) is 0 Å². The SMILES string of the molecule is Cc1ccc(CNC(=O)c2cncc(Nc3cc(Cl)ccc3C)c2)cc1. The van der Waals surface area contributed by atoms with Gasteiger partial charge in [0.05, 0.1) is 17.4 Å². The second-order valence-corrected chi connectivity index (χ2v) is 6.65. The summed E-state index contributed by atoms with van der Waals surface area (Å²) >= 11 is 6.05. The van der Waals surface area contributed by atoms with Crippen molar-refractivity contribution in [1.82, 2.24) is 10.3 Å². The second-order valence-electron chi connectivity index (χ2n) is 6.21. The van der Waals surface area contributed by atoms with Crippen molar-refractivity contribution in [1.29, 1.82) is 0 Å². The van der Waals surface area contributed by atoms with Gasteiger partial charge in [-0.15, -0.1) is 0 Å². The van der Waals surface area contributed by atoms with E-state index in [-0.39, 0.29) is 5.91 Å². The van der Waals surface area contributed by atoms with Gasteiger partial charge < -0.3 is 10.6 Å². The van der Waals surface area contributed by atoms with Gasteiger partial charge in [0, 0.05) is 23.5 Å². The summed E-state index contributed by atoms with van der Waals surface area (Å²) in [6.45, 7) is 4.50. The van der Waals surface area contributed by atoms with Crippen LogP contribution in [-0.2, 0) is 6.54 Å². The first-order chi connectivity index (χ1) is 12.5. The molecule has 0 aliphatic heterocycles. The maximum Gasteiger partial charge on any atom is 0.253 e. The quantitative estimate of drug-likeness (QED) is 0.667. The van der Waals surface area contributed by atoms with Crippen LogP contribution in [0, 0.1) is 13.8 Å². The first-order valence-corrected chi connectivity index (χ1v) is 8.71. The molecule has 26 heavy (non-hydrogen) atoms. The third-order valence-corrected chi connectivity index (χ3v) is 4.29. The summed E-state index contributed by atoms with van der Waals surface area (Å²) < 4.78 is 0. The number of rotatable bonds is 5. The van der Waals surface area contributed by atoms with E-state index in [2.05, 4.69) is 15.6 Å². The van der Waals surface area contributed by atoms with Crippen LogP contribution < -0.4 is 10.6 Å². The number of hydrogen-bond acceptors (Lipinski definition) is 3. The van der Waals surface area contributed by atoms with Gasteiger partial charge in [0.1, 0.15) is 0 Å². The summed E-state index contributed by atoms with van der Waals surface area (Å²) in [7, 11) is 0. The van der Waals surface area contributed by atoms with Gasteiger partial charge in [0.25, 0.3) is 5.91 Å². The smallest absolute Gasteiger partial charge is 0.253 e. The lowest BCUT2D eigenvalue weighted by atomic mass is 10.1. The van der Waals surface area contributed by atoms with Gasteiger partial charge in [0.2, 0.25) is 0 Å². The molecule has 0 aliphatic carbocycles. The van der Waals surface area contributed by atoms with E-state index >= 15 is 0 Å². The minimum atomic E-state index is -0.162. The summed E-state index contributed by atoms with van der Waals surface area (Å²) in [5.41, 5.74) is 5.43. The minimum absolute atomic E-state index is 0.162. The summed E-state index contributed by atoms with van der Waals surface area (Å²) in [5.74, 6) is -0.162. The first-order valence-electron chi connectivity index (χ1n) is 8.33. The molecule has 0 bridgehead atoms. The largest absolute Gasteiger partial charge is 0.354 e. The number of benzene rings is 2. The van der Waals surface area contributed by atoms with Crippen molar-refractivity contribution in [3.8, 4) is 0 Å².